The molecule has 0 heterocycles. The minimum absolute atomic E-state index is 0.964. The molecule has 0 fully saturated rings. The number of hydrogen-bond donors (Lipinski definition) is 0. The van der Waals surface area contributed by atoms with E-state index in [1.807, 2.05) is 0 Å². The van der Waals surface area contributed by atoms with Gasteiger partial charge >= 0.3 is 0 Å². The van der Waals surface area contributed by atoms with E-state index in [0.717, 1.165) is 5.92 Å². The van der Waals surface area contributed by atoms with E-state index in [4.69, 9.17) is 0 Å². The molecule has 0 saturated heterocycles. The summed E-state index contributed by atoms with van der Waals surface area (Å²) in [5.41, 5.74) is 0. The zero-order valence-corrected chi connectivity index (χ0v) is 19.3. The number of hydrogen-bond acceptors (Lipinski definition) is 0. The van der Waals surface area contributed by atoms with Crippen molar-refractivity contribution in [2.24, 2.45) is 5.92 Å². The summed E-state index contributed by atoms with van der Waals surface area (Å²) in [6, 6.07) is 0. The maximum absolute atomic E-state index is 2.50. The average molecular weight is 451 g/mol. The van der Waals surface area contributed by atoms with Gasteiger partial charge in [0.2, 0.25) is 0 Å². The van der Waals surface area contributed by atoms with E-state index >= 15 is 0 Å². The molecule has 1 unspecified atom stereocenters. The monoisotopic (exact) mass is 450 g/mol. The van der Waals surface area contributed by atoms with Crippen LogP contribution in [0.4, 0.5) is 0 Å². The molecule has 0 saturated carbocycles. The Hall–Kier alpha value is 0.730. The first-order valence-electron chi connectivity index (χ1n) is 11.4. The first-order valence-corrected chi connectivity index (χ1v) is 12.9. The molecule has 0 bridgehead atoms. The SMILES string of the molecule is CCCCCCCCCCCCCCCCCCC(C)CCCI. The maximum atomic E-state index is 2.50. The van der Waals surface area contributed by atoms with Crippen LogP contribution in [0.1, 0.15) is 136 Å². The molecule has 24 heavy (non-hydrogen) atoms. The van der Waals surface area contributed by atoms with Crippen molar-refractivity contribution in [2.75, 3.05) is 4.43 Å². The molecule has 0 aromatic rings. The largest absolute Gasteiger partial charge is 0.0864 e. The Labute approximate surface area is 168 Å². The molecule has 1 heteroatoms. The van der Waals surface area contributed by atoms with E-state index in [-0.39, 0.29) is 0 Å². The van der Waals surface area contributed by atoms with Gasteiger partial charge in [-0.2, -0.15) is 0 Å². The summed E-state index contributed by atoms with van der Waals surface area (Å²) < 4.78 is 1.33. The fourth-order valence-corrected chi connectivity index (χ4v) is 4.05. The van der Waals surface area contributed by atoms with Crippen LogP contribution in [-0.4, -0.2) is 4.43 Å². The Bertz CT molecular complexity index is 214. The van der Waals surface area contributed by atoms with Gasteiger partial charge in [-0.1, -0.05) is 146 Å². The molecular weight excluding hydrogens is 403 g/mol. The molecule has 0 nitrogen and oxygen atoms in total. The summed E-state index contributed by atoms with van der Waals surface area (Å²) in [6.45, 7) is 4.74. The Kier molecular flexibility index (Phi) is 22.4. The van der Waals surface area contributed by atoms with Crippen molar-refractivity contribution in [1.82, 2.24) is 0 Å². The van der Waals surface area contributed by atoms with Gasteiger partial charge in [-0.25, -0.2) is 0 Å². The predicted molar refractivity (Wildman–Crippen MR) is 121 cm³/mol. The molecule has 0 aliphatic heterocycles. The van der Waals surface area contributed by atoms with Crippen LogP contribution in [0.25, 0.3) is 0 Å². The van der Waals surface area contributed by atoms with Crippen molar-refractivity contribution < 1.29 is 0 Å². The van der Waals surface area contributed by atoms with Gasteiger partial charge in [-0.15, -0.1) is 0 Å². The van der Waals surface area contributed by atoms with Gasteiger partial charge in [-0.05, 0) is 23.2 Å². The Morgan fingerprint density at radius 2 is 0.833 bits per heavy atom. The van der Waals surface area contributed by atoms with E-state index in [1.165, 1.54) is 126 Å². The highest BCUT2D eigenvalue weighted by Crippen LogP contribution is 2.17. The molecule has 1 atom stereocenters. The number of rotatable bonds is 20. The molecule has 0 radical (unpaired) electrons. The standard InChI is InChI=1S/C23H47I/c1-3-4-5-6-7-8-9-10-11-12-13-14-15-16-17-18-20-23(2)21-19-22-24/h23H,3-22H2,1-2H3. The van der Waals surface area contributed by atoms with Crippen LogP contribution >= 0.6 is 22.6 Å². The van der Waals surface area contributed by atoms with Crippen LogP contribution in [0.5, 0.6) is 0 Å². The first-order chi connectivity index (χ1) is 11.8. The summed E-state index contributed by atoms with van der Waals surface area (Å²) in [5.74, 6) is 0.964. The smallest absolute Gasteiger partial charge is 0.000463 e. The second-order valence-corrected chi connectivity index (χ2v) is 9.11. The van der Waals surface area contributed by atoms with Crippen LogP contribution in [0.15, 0.2) is 0 Å². The highest BCUT2D eigenvalue weighted by Gasteiger charge is 2.01. The van der Waals surface area contributed by atoms with Crippen LogP contribution in [0.2, 0.25) is 0 Å². The average Bonchev–Trinajstić information content (AvgIpc) is 2.59. The lowest BCUT2D eigenvalue weighted by molar-refractivity contribution is 0.452. The Morgan fingerprint density at radius 3 is 1.21 bits per heavy atom. The summed E-state index contributed by atoms with van der Waals surface area (Å²) in [4.78, 5) is 0. The van der Waals surface area contributed by atoms with Gasteiger partial charge in [0, 0.05) is 0 Å². The third-order valence-corrected chi connectivity index (χ3v) is 6.14. The van der Waals surface area contributed by atoms with Crippen LogP contribution in [0, 0.1) is 5.92 Å². The van der Waals surface area contributed by atoms with Gasteiger partial charge in [0.25, 0.3) is 0 Å². The molecule has 0 N–H and O–H groups in total. The molecule has 0 aliphatic carbocycles. The number of unbranched alkanes of at least 4 members (excludes halogenated alkanes) is 15. The minimum Gasteiger partial charge on any atom is -0.0864 e. The normalized spacial score (nSPS) is 12.6. The summed E-state index contributed by atoms with van der Waals surface area (Å²) in [5, 5.41) is 0. The quantitative estimate of drug-likeness (QED) is 0.0984. The molecular formula is C23H47I. The third kappa shape index (κ3) is 20.8. The molecule has 0 amide bonds. The van der Waals surface area contributed by atoms with E-state index in [9.17, 15) is 0 Å². The van der Waals surface area contributed by atoms with Crippen LogP contribution in [0.3, 0.4) is 0 Å². The number of halogens is 1. The minimum atomic E-state index is 0.964. The lowest BCUT2D eigenvalue weighted by atomic mass is 9.98. The maximum Gasteiger partial charge on any atom is -0.000463 e. The third-order valence-electron chi connectivity index (χ3n) is 5.38. The second-order valence-electron chi connectivity index (χ2n) is 8.03. The zero-order chi connectivity index (χ0) is 17.7. The van der Waals surface area contributed by atoms with Crippen molar-refractivity contribution in [3.05, 3.63) is 0 Å². The van der Waals surface area contributed by atoms with Crippen molar-refractivity contribution in [3.8, 4) is 0 Å². The van der Waals surface area contributed by atoms with Gasteiger partial charge in [0.15, 0.2) is 0 Å². The molecule has 0 rings (SSSR count). The summed E-state index contributed by atoms with van der Waals surface area (Å²) in [6.07, 6.45) is 27.9. The van der Waals surface area contributed by atoms with E-state index in [0.29, 0.717) is 0 Å². The molecule has 0 spiro atoms. The van der Waals surface area contributed by atoms with Crippen molar-refractivity contribution in [1.29, 1.82) is 0 Å². The topological polar surface area (TPSA) is 0 Å². The Balaban J connectivity index is 3.02. The van der Waals surface area contributed by atoms with Crippen LogP contribution < -0.4 is 0 Å². The molecule has 0 aromatic carbocycles. The van der Waals surface area contributed by atoms with Gasteiger partial charge in [0.1, 0.15) is 0 Å². The number of alkyl halides is 1. The van der Waals surface area contributed by atoms with E-state index in [2.05, 4.69) is 36.4 Å². The summed E-state index contributed by atoms with van der Waals surface area (Å²) in [7, 11) is 0. The molecule has 146 valence electrons. The van der Waals surface area contributed by atoms with Gasteiger partial charge < -0.3 is 0 Å². The Morgan fingerprint density at radius 1 is 0.500 bits per heavy atom. The highest BCUT2D eigenvalue weighted by molar-refractivity contribution is 14.1. The first kappa shape index (κ1) is 24.7. The zero-order valence-electron chi connectivity index (χ0n) is 17.1. The second kappa shape index (κ2) is 21.8. The molecule has 0 aliphatic rings. The predicted octanol–water partition coefficient (Wildman–Crippen LogP) is 9.49. The van der Waals surface area contributed by atoms with Crippen molar-refractivity contribution in [3.63, 3.8) is 0 Å². The lowest BCUT2D eigenvalue weighted by Gasteiger charge is -2.09. The molecule has 0 aromatic heterocycles. The van der Waals surface area contributed by atoms with Crippen molar-refractivity contribution in [2.45, 2.75) is 136 Å². The summed E-state index contributed by atoms with van der Waals surface area (Å²) >= 11 is 2.50. The fourth-order valence-electron chi connectivity index (χ4n) is 3.61. The van der Waals surface area contributed by atoms with E-state index < -0.39 is 0 Å². The lowest BCUT2D eigenvalue weighted by Crippen LogP contribution is -1.95. The van der Waals surface area contributed by atoms with Gasteiger partial charge in [0.05, 0.1) is 0 Å². The van der Waals surface area contributed by atoms with E-state index in [1.54, 1.807) is 0 Å². The van der Waals surface area contributed by atoms with Crippen LogP contribution in [-0.2, 0) is 0 Å². The fraction of sp³-hybridized carbons (Fsp3) is 1.00. The van der Waals surface area contributed by atoms with Gasteiger partial charge in [-0.3, -0.25) is 0 Å². The van der Waals surface area contributed by atoms with Crippen molar-refractivity contribution >= 4 is 22.6 Å². The highest BCUT2D eigenvalue weighted by atomic mass is 127.